The number of nitrogens with one attached hydrogen (secondary N) is 2. The molecule has 5 heterocycles. The van der Waals surface area contributed by atoms with Crippen LogP contribution in [0.25, 0.3) is 0 Å². The number of piperidine rings is 1. The summed E-state index contributed by atoms with van der Waals surface area (Å²) in [4.78, 5) is 29.3. The maximum atomic E-state index is 12.3. The topological polar surface area (TPSA) is 121 Å². The number of hydrogen-bond acceptors (Lipinski definition) is 10. The summed E-state index contributed by atoms with van der Waals surface area (Å²) in [7, 11) is 2.22. The molecule has 4 aliphatic heterocycles. The van der Waals surface area contributed by atoms with Gasteiger partial charge in [0, 0.05) is 56.7 Å². The van der Waals surface area contributed by atoms with E-state index in [9.17, 15) is 4.79 Å². The summed E-state index contributed by atoms with van der Waals surface area (Å²) < 4.78 is 11.8. The Morgan fingerprint density at radius 2 is 1.85 bits per heavy atom. The van der Waals surface area contributed by atoms with E-state index in [2.05, 4.69) is 43.4 Å². The zero-order chi connectivity index (χ0) is 27.6. The first-order valence-electron chi connectivity index (χ1n) is 14.8. The number of amides is 1. The summed E-state index contributed by atoms with van der Waals surface area (Å²) >= 11 is 0. The van der Waals surface area contributed by atoms with Crippen molar-refractivity contribution < 1.29 is 14.3 Å². The monoisotopic (exact) mass is 550 g/mol. The van der Waals surface area contributed by atoms with Gasteiger partial charge in [-0.15, -0.1) is 0 Å². The van der Waals surface area contributed by atoms with E-state index in [0.717, 1.165) is 68.5 Å². The van der Waals surface area contributed by atoms with E-state index in [1.165, 1.54) is 25.9 Å². The van der Waals surface area contributed by atoms with Crippen LogP contribution in [-0.4, -0.2) is 103 Å². The number of carbonyl (C=O) groups excluding carboxylic acids is 1. The average Bonchev–Trinajstić information content (AvgIpc) is 2.97. The first-order chi connectivity index (χ1) is 19.5. The molecule has 11 nitrogen and oxygen atoms in total. The average molecular weight is 551 g/mol. The van der Waals surface area contributed by atoms with E-state index in [0.29, 0.717) is 36.7 Å². The van der Waals surface area contributed by atoms with Crippen LogP contribution < -0.4 is 26.0 Å². The number of nitrogens with two attached hydrogens (primary N) is 1. The number of primary amides is 1. The van der Waals surface area contributed by atoms with Crippen LogP contribution in [0.2, 0.25) is 0 Å². The van der Waals surface area contributed by atoms with Crippen molar-refractivity contribution in [1.82, 2.24) is 19.8 Å². The molecule has 4 aliphatic rings. The molecule has 1 aromatic heterocycles. The molecular weight excluding hydrogens is 508 g/mol. The lowest BCUT2D eigenvalue weighted by atomic mass is 10.00. The molecule has 0 saturated carbocycles. The number of piperazine rings is 1. The number of aromatic nitrogens is 2. The minimum atomic E-state index is -0.609. The summed E-state index contributed by atoms with van der Waals surface area (Å²) in [5.41, 5.74) is 8.49. The molecule has 2 aromatic rings. The highest BCUT2D eigenvalue weighted by molar-refractivity contribution is 5.96. The summed E-state index contributed by atoms with van der Waals surface area (Å²) in [6.45, 7) is 9.58. The Hall–Kier alpha value is -3.15. The predicted octanol–water partition coefficient (Wildman–Crippen LogP) is 2.45. The normalized spacial score (nSPS) is 22.8. The highest BCUT2D eigenvalue weighted by Crippen LogP contribution is 2.38. The summed E-state index contributed by atoms with van der Waals surface area (Å²) in [6, 6.07) is 7.39. The maximum Gasteiger partial charge on any atom is 0.271 e. The maximum absolute atomic E-state index is 12.3. The van der Waals surface area contributed by atoms with Crippen molar-refractivity contribution in [2.24, 2.45) is 5.73 Å². The van der Waals surface area contributed by atoms with Crippen molar-refractivity contribution >= 4 is 28.9 Å². The number of benzene rings is 1. The van der Waals surface area contributed by atoms with Gasteiger partial charge in [-0.2, -0.15) is 0 Å². The van der Waals surface area contributed by atoms with E-state index < -0.39 is 5.91 Å². The second-order valence-corrected chi connectivity index (χ2v) is 11.5. The summed E-state index contributed by atoms with van der Waals surface area (Å²) in [6.07, 6.45) is 4.94. The number of carbonyl (C=O) groups is 1. The Kier molecular flexibility index (Phi) is 7.95. The molecule has 3 saturated heterocycles. The Morgan fingerprint density at radius 3 is 2.60 bits per heavy atom. The van der Waals surface area contributed by atoms with Crippen LogP contribution >= 0.6 is 0 Å². The number of aryl methyl sites for hydroxylation is 1. The van der Waals surface area contributed by atoms with Gasteiger partial charge in [-0.3, -0.25) is 9.69 Å². The van der Waals surface area contributed by atoms with E-state index >= 15 is 0 Å². The third-order valence-electron chi connectivity index (χ3n) is 8.78. The van der Waals surface area contributed by atoms with Gasteiger partial charge < -0.3 is 35.6 Å². The van der Waals surface area contributed by atoms with Crippen LogP contribution in [0.1, 0.15) is 48.8 Å². The molecule has 1 aromatic carbocycles. The zero-order valence-corrected chi connectivity index (χ0v) is 23.7. The summed E-state index contributed by atoms with van der Waals surface area (Å²) in [5, 5.41) is 6.83. The second kappa shape index (κ2) is 11.8. The number of hydrogen-bond donors (Lipinski definition) is 3. The van der Waals surface area contributed by atoms with Gasteiger partial charge in [-0.1, -0.05) is 6.92 Å². The molecule has 40 heavy (non-hydrogen) atoms. The molecule has 0 bridgehead atoms. The number of rotatable bonds is 7. The van der Waals surface area contributed by atoms with Crippen molar-refractivity contribution in [2.45, 2.75) is 57.2 Å². The molecule has 1 atom stereocenters. The quantitative estimate of drug-likeness (QED) is 0.474. The highest BCUT2D eigenvalue weighted by atomic mass is 16.5. The Bertz CT molecular complexity index is 1210. The fourth-order valence-electron chi connectivity index (χ4n) is 6.42. The molecule has 0 radical (unpaired) electrons. The van der Waals surface area contributed by atoms with Crippen LogP contribution in [0, 0.1) is 0 Å². The van der Waals surface area contributed by atoms with Gasteiger partial charge in [-0.25, -0.2) is 9.97 Å². The Morgan fingerprint density at radius 1 is 1.05 bits per heavy atom. The fourth-order valence-corrected chi connectivity index (χ4v) is 6.42. The number of likely N-dealkylation sites (tertiary alicyclic amines) is 1. The van der Waals surface area contributed by atoms with Crippen molar-refractivity contribution in [1.29, 1.82) is 0 Å². The molecule has 0 aliphatic carbocycles. The third kappa shape index (κ3) is 5.68. The van der Waals surface area contributed by atoms with Gasteiger partial charge in [-0.05, 0) is 64.4 Å². The molecule has 1 amide bonds. The van der Waals surface area contributed by atoms with Crippen LogP contribution in [0.15, 0.2) is 18.2 Å². The van der Waals surface area contributed by atoms with Gasteiger partial charge in [0.1, 0.15) is 12.4 Å². The highest BCUT2D eigenvalue weighted by Gasteiger charge is 2.36. The first kappa shape index (κ1) is 27.0. The lowest BCUT2D eigenvalue weighted by Crippen LogP contribution is -2.60. The lowest BCUT2D eigenvalue weighted by Gasteiger charge is -2.48. The van der Waals surface area contributed by atoms with Gasteiger partial charge in [0.05, 0.1) is 17.4 Å². The number of anilines is 4. The third-order valence-corrected chi connectivity index (χ3v) is 8.78. The fraction of sp³-hybridized carbons (Fsp3) is 0.621. The minimum Gasteiger partial charge on any atom is -0.489 e. The largest absolute Gasteiger partial charge is 0.489 e. The number of fused-ring (bicyclic) bond motifs is 3. The van der Waals surface area contributed by atoms with Gasteiger partial charge >= 0.3 is 0 Å². The minimum absolute atomic E-state index is 0.137. The summed E-state index contributed by atoms with van der Waals surface area (Å²) in [5.74, 6) is 1.26. The van der Waals surface area contributed by atoms with Crippen LogP contribution in [-0.2, 0) is 11.2 Å². The molecule has 216 valence electrons. The molecule has 0 spiro atoms. The molecule has 3 fully saturated rings. The number of nitrogens with zero attached hydrogens (tertiary/aromatic N) is 5. The van der Waals surface area contributed by atoms with Crippen LogP contribution in [0.5, 0.6) is 5.75 Å². The van der Waals surface area contributed by atoms with Crippen molar-refractivity contribution in [2.75, 3.05) is 75.1 Å². The Balaban J connectivity index is 1.18. The predicted molar refractivity (Wildman–Crippen MR) is 156 cm³/mol. The van der Waals surface area contributed by atoms with E-state index in [1.54, 1.807) is 0 Å². The molecular formula is C29H42N8O3. The van der Waals surface area contributed by atoms with Gasteiger partial charge in [0.2, 0.25) is 0 Å². The SMILES string of the molecule is CCc1nc(C(N)=O)c(Nc2ccc3c(c2)OC[C@@H]2CN(C4CCN(C)CC4)CCN32)nc1NC1CCOCC1. The van der Waals surface area contributed by atoms with E-state index in [-0.39, 0.29) is 11.7 Å². The van der Waals surface area contributed by atoms with Crippen molar-refractivity contribution in [3.63, 3.8) is 0 Å². The lowest BCUT2D eigenvalue weighted by molar-refractivity contribution is 0.0868. The molecule has 11 heteroatoms. The molecule has 6 rings (SSSR count). The van der Waals surface area contributed by atoms with E-state index in [1.807, 2.05) is 19.1 Å². The first-order valence-corrected chi connectivity index (χ1v) is 14.8. The van der Waals surface area contributed by atoms with Gasteiger partial charge in [0.15, 0.2) is 17.3 Å². The van der Waals surface area contributed by atoms with Gasteiger partial charge in [0.25, 0.3) is 5.91 Å². The molecule has 4 N–H and O–H groups in total. The van der Waals surface area contributed by atoms with Crippen molar-refractivity contribution in [3.8, 4) is 5.75 Å². The van der Waals surface area contributed by atoms with E-state index in [4.69, 9.17) is 20.2 Å². The van der Waals surface area contributed by atoms with Crippen molar-refractivity contribution in [3.05, 3.63) is 29.6 Å². The second-order valence-electron chi connectivity index (χ2n) is 11.5. The Labute approximate surface area is 236 Å². The molecule has 0 unspecified atom stereocenters. The smallest absolute Gasteiger partial charge is 0.271 e. The van der Waals surface area contributed by atoms with Crippen LogP contribution in [0.4, 0.5) is 23.0 Å². The number of ether oxygens (including phenoxy) is 2. The zero-order valence-electron chi connectivity index (χ0n) is 23.7. The van der Waals surface area contributed by atoms with Crippen LogP contribution in [0.3, 0.4) is 0 Å². The standard InChI is InChI=1S/C29H42N8O3/c1-3-23-28(31-19-8-14-39-15-9-19)34-29(26(33-23)27(30)38)32-20-4-5-24-25(16-20)40-18-22-17-36(12-13-37(22)24)21-6-10-35(2)11-7-21/h4-5,16,19,21-22H,3,6-15,17-18H2,1-2H3,(H2,30,38)(H2,31,32,34)/t22-/m0/s1.